The Morgan fingerprint density at radius 2 is 2.05 bits per heavy atom. The lowest BCUT2D eigenvalue weighted by molar-refractivity contribution is 0.0313. The van der Waals surface area contributed by atoms with Crippen LogP contribution in [0.3, 0.4) is 0 Å². The normalized spacial score (nSPS) is 22.0. The molecule has 2 rings (SSSR count). The minimum Gasteiger partial charge on any atom is -0.382 e. The SMILES string of the molecule is NC(=O)c1c(Cl)cccc1NCCOC1CCC(N)CC1. The summed E-state index contributed by atoms with van der Waals surface area (Å²) in [5, 5.41) is 3.51. The van der Waals surface area contributed by atoms with Gasteiger partial charge in [0.05, 0.1) is 23.3 Å². The van der Waals surface area contributed by atoms with E-state index in [4.69, 9.17) is 27.8 Å². The third-order valence-electron chi connectivity index (χ3n) is 3.75. The molecule has 6 heteroatoms. The zero-order valence-corrected chi connectivity index (χ0v) is 12.7. The van der Waals surface area contributed by atoms with Crippen LogP contribution in [0.4, 0.5) is 5.69 Å². The van der Waals surface area contributed by atoms with Gasteiger partial charge in [0, 0.05) is 18.3 Å². The smallest absolute Gasteiger partial charge is 0.252 e. The summed E-state index contributed by atoms with van der Waals surface area (Å²) >= 11 is 5.99. The highest BCUT2D eigenvalue weighted by Crippen LogP contribution is 2.24. The van der Waals surface area contributed by atoms with Crippen molar-refractivity contribution in [1.82, 2.24) is 0 Å². The van der Waals surface area contributed by atoms with Crippen LogP contribution >= 0.6 is 11.6 Å². The Balaban J connectivity index is 1.79. The number of ether oxygens (including phenoxy) is 1. The van der Waals surface area contributed by atoms with E-state index in [1.54, 1.807) is 18.2 Å². The van der Waals surface area contributed by atoms with E-state index in [2.05, 4.69) is 5.32 Å². The second kappa shape index (κ2) is 7.64. The number of halogens is 1. The van der Waals surface area contributed by atoms with E-state index in [9.17, 15) is 4.79 Å². The molecule has 0 bridgehead atoms. The predicted octanol–water partition coefficient (Wildman–Crippen LogP) is 2.14. The quantitative estimate of drug-likeness (QED) is 0.702. The van der Waals surface area contributed by atoms with Crippen LogP contribution < -0.4 is 16.8 Å². The van der Waals surface area contributed by atoms with Crippen molar-refractivity contribution in [2.24, 2.45) is 11.5 Å². The lowest BCUT2D eigenvalue weighted by Crippen LogP contribution is -2.31. The Kier molecular flexibility index (Phi) is 5.85. The van der Waals surface area contributed by atoms with Crippen molar-refractivity contribution in [3.05, 3.63) is 28.8 Å². The van der Waals surface area contributed by atoms with Crippen LogP contribution in [0.5, 0.6) is 0 Å². The molecule has 1 aliphatic carbocycles. The molecule has 0 atom stereocenters. The van der Waals surface area contributed by atoms with Crippen molar-refractivity contribution in [1.29, 1.82) is 0 Å². The number of anilines is 1. The average Bonchev–Trinajstić information content (AvgIpc) is 2.45. The van der Waals surface area contributed by atoms with Crippen LogP contribution in [0, 0.1) is 0 Å². The maximum absolute atomic E-state index is 11.4. The molecule has 1 amide bonds. The fourth-order valence-corrected chi connectivity index (χ4v) is 2.86. The molecule has 1 aromatic rings. The largest absolute Gasteiger partial charge is 0.382 e. The first-order valence-corrected chi connectivity index (χ1v) is 7.65. The van der Waals surface area contributed by atoms with Gasteiger partial charge in [-0.25, -0.2) is 0 Å². The third kappa shape index (κ3) is 4.59. The van der Waals surface area contributed by atoms with Crippen molar-refractivity contribution in [2.45, 2.75) is 37.8 Å². The van der Waals surface area contributed by atoms with Crippen LogP contribution in [0.25, 0.3) is 0 Å². The molecule has 0 unspecified atom stereocenters. The van der Waals surface area contributed by atoms with Gasteiger partial charge in [-0.05, 0) is 37.8 Å². The summed E-state index contributed by atoms with van der Waals surface area (Å²) < 4.78 is 5.82. The molecule has 1 saturated carbocycles. The van der Waals surface area contributed by atoms with Gasteiger partial charge < -0.3 is 21.5 Å². The maximum atomic E-state index is 11.4. The fourth-order valence-electron chi connectivity index (χ4n) is 2.59. The van der Waals surface area contributed by atoms with Crippen LogP contribution in [-0.2, 0) is 4.74 Å². The molecule has 5 nitrogen and oxygen atoms in total. The number of hydrogen-bond donors (Lipinski definition) is 3. The molecule has 0 saturated heterocycles. The van der Waals surface area contributed by atoms with Gasteiger partial charge in [-0.2, -0.15) is 0 Å². The van der Waals surface area contributed by atoms with E-state index in [0.717, 1.165) is 25.7 Å². The standard InChI is InChI=1S/C15H22ClN3O2/c16-12-2-1-3-13(14(12)15(18)20)19-8-9-21-11-6-4-10(17)5-7-11/h1-3,10-11,19H,4-9,17H2,(H2,18,20). The van der Waals surface area contributed by atoms with Gasteiger partial charge >= 0.3 is 0 Å². The number of benzene rings is 1. The fraction of sp³-hybridized carbons (Fsp3) is 0.533. The van der Waals surface area contributed by atoms with Crippen molar-refractivity contribution >= 4 is 23.2 Å². The molecular formula is C15H22ClN3O2. The molecule has 0 heterocycles. The first-order chi connectivity index (χ1) is 10.1. The topological polar surface area (TPSA) is 90.4 Å². The highest BCUT2D eigenvalue weighted by molar-refractivity contribution is 6.34. The first kappa shape index (κ1) is 16.1. The molecule has 5 N–H and O–H groups in total. The Hall–Kier alpha value is -1.30. The van der Waals surface area contributed by atoms with Crippen LogP contribution in [0.2, 0.25) is 5.02 Å². The average molecular weight is 312 g/mol. The molecule has 0 radical (unpaired) electrons. The number of primary amides is 1. The minimum absolute atomic E-state index is 0.293. The van der Waals surface area contributed by atoms with Crippen LogP contribution in [0.15, 0.2) is 18.2 Å². The number of amides is 1. The summed E-state index contributed by atoms with van der Waals surface area (Å²) in [5.74, 6) is -0.537. The molecule has 116 valence electrons. The van der Waals surface area contributed by atoms with E-state index < -0.39 is 5.91 Å². The highest BCUT2D eigenvalue weighted by Gasteiger charge is 2.18. The number of nitrogens with two attached hydrogens (primary N) is 2. The number of carbonyl (C=O) groups excluding carboxylic acids is 1. The molecular weight excluding hydrogens is 290 g/mol. The van der Waals surface area contributed by atoms with Gasteiger partial charge in [-0.3, -0.25) is 4.79 Å². The van der Waals surface area contributed by atoms with Crippen molar-refractivity contribution in [3.63, 3.8) is 0 Å². The minimum atomic E-state index is -0.537. The van der Waals surface area contributed by atoms with Gasteiger partial charge in [0.25, 0.3) is 5.91 Å². The van der Waals surface area contributed by atoms with Crippen LogP contribution in [0.1, 0.15) is 36.0 Å². The van der Waals surface area contributed by atoms with Gasteiger partial charge in [0.2, 0.25) is 0 Å². The molecule has 1 aromatic carbocycles. The van der Waals surface area contributed by atoms with Crippen LogP contribution in [-0.4, -0.2) is 31.2 Å². The lowest BCUT2D eigenvalue weighted by atomic mass is 9.94. The summed E-state index contributed by atoms with van der Waals surface area (Å²) in [6.07, 6.45) is 4.38. The van der Waals surface area contributed by atoms with Crippen molar-refractivity contribution < 1.29 is 9.53 Å². The highest BCUT2D eigenvalue weighted by atomic mass is 35.5. The van der Waals surface area contributed by atoms with Crippen molar-refractivity contribution in [2.75, 3.05) is 18.5 Å². The van der Waals surface area contributed by atoms with E-state index in [-0.39, 0.29) is 0 Å². The Morgan fingerprint density at radius 1 is 1.33 bits per heavy atom. The first-order valence-electron chi connectivity index (χ1n) is 7.27. The summed E-state index contributed by atoms with van der Waals surface area (Å²) in [6.45, 7) is 1.17. The second-order valence-electron chi connectivity index (χ2n) is 5.36. The Labute approximate surface area is 130 Å². The zero-order chi connectivity index (χ0) is 15.2. The van der Waals surface area contributed by atoms with E-state index >= 15 is 0 Å². The van der Waals surface area contributed by atoms with Gasteiger partial charge in [-0.1, -0.05) is 17.7 Å². The number of rotatable bonds is 6. The lowest BCUT2D eigenvalue weighted by Gasteiger charge is -2.26. The van der Waals surface area contributed by atoms with E-state index in [1.165, 1.54) is 0 Å². The van der Waals surface area contributed by atoms with Gasteiger partial charge in [0.1, 0.15) is 0 Å². The number of carbonyl (C=O) groups is 1. The van der Waals surface area contributed by atoms with Gasteiger partial charge in [-0.15, -0.1) is 0 Å². The summed E-state index contributed by atoms with van der Waals surface area (Å²) in [5.41, 5.74) is 12.2. The van der Waals surface area contributed by atoms with E-state index in [0.29, 0.717) is 41.6 Å². The predicted molar refractivity (Wildman–Crippen MR) is 84.6 cm³/mol. The summed E-state index contributed by atoms with van der Waals surface area (Å²) in [7, 11) is 0. The Bertz CT molecular complexity index is 488. The maximum Gasteiger partial charge on any atom is 0.252 e. The third-order valence-corrected chi connectivity index (χ3v) is 4.06. The molecule has 0 aromatic heterocycles. The summed E-state index contributed by atoms with van der Waals surface area (Å²) in [6, 6.07) is 5.54. The number of hydrogen-bond acceptors (Lipinski definition) is 4. The van der Waals surface area contributed by atoms with E-state index in [1.807, 2.05) is 0 Å². The van der Waals surface area contributed by atoms with Crippen molar-refractivity contribution in [3.8, 4) is 0 Å². The molecule has 0 spiro atoms. The zero-order valence-electron chi connectivity index (χ0n) is 12.0. The molecule has 1 aliphatic rings. The molecule has 21 heavy (non-hydrogen) atoms. The number of nitrogens with one attached hydrogen (secondary N) is 1. The Morgan fingerprint density at radius 3 is 2.71 bits per heavy atom. The summed E-state index contributed by atoms with van der Waals surface area (Å²) in [4.78, 5) is 11.4. The monoisotopic (exact) mass is 311 g/mol. The van der Waals surface area contributed by atoms with Gasteiger partial charge in [0.15, 0.2) is 0 Å². The molecule has 0 aliphatic heterocycles. The molecule has 1 fully saturated rings. The second-order valence-corrected chi connectivity index (χ2v) is 5.77.